The smallest absolute Gasteiger partial charge is 0.317 e. The van der Waals surface area contributed by atoms with E-state index in [-0.39, 0.29) is 12.1 Å². The molecular formula is C12H23N3O2. The van der Waals surface area contributed by atoms with Crippen molar-refractivity contribution in [3.63, 3.8) is 0 Å². The number of ether oxygens (including phenoxy) is 1. The van der Waals surface area contributed by atoms with Gasteiger partial charge in [0, 0.05) is 38.8 Å². The van der Waals surface area contributed by atoms with Gasteiger partial charge in [0.05, 0.1) is 6.10 Å². The fraction of sp³-hybridized carbons (Fsp3) is 0.917. The van der Waals surface area contributed by atoms with Crippen LogP contribution in [0.15, 0.2) is 0 Å². The summed E-state index contributed by atoms with van der Waals surface area (Å²) in [6, 6.07) is 0.347. The second kappa shape index (κ2) is 5.69. The minimum atomic E-state index is 0.0566. The molecule has 2 fully saturated rings. The van der Waals surface area contributed by atoms with E-state index in [9.17, 15) is 4.79 Å². The molecule has 0 spiro atoms. The van der Waals surface area contributed by atoms with Gasteiger partial charge in [0.1, 0.15) is 0 Å². The SMILES string of the molecule is CC1CN(C)CCN1C(=O)NCC1CCCO1. The quantitative estimate of drug-likeness (QED) is 0.766. The zero-order valence-electron chi connectivity index (χ0n) is 10.8. The number of hydrogen-bond donors (Lipinski definition) is 1. The molecule has 2 atom stereocenters. The van der Waals surface area contributed by atoms with Crippen molar-refractivity contribution in [1.29, 1.82) is 0 Å². The monoisotopic (exact) mass is 241 g/mol. The number of carbonyl (C=O) groups is 1. The minimum absolute atomic E-state index is 0.0566. The van der Waals surface area contributed by atoms with Gasteiger partial charge in [-0.15, -0.1) is 0 Å². The molecule has 17 heavy (non-hydrogen) atoms. The maximum atomic E-state index is 12.0. The molecule has 2 heterocycles. The fourth-order valence-corrected chi connectivity index (χ4v) is 2.55. The minimum Gasteiger partial charge on any atom is -0.376 e. The van der Waals surface area contributed by atoms with Gasteiger partial charge in [0.15, 0.2) is 0 Å². The van der Waals surface area contributed by atoms with Crippen LogP contribution in [-0.4, -0.2) is 67.8 Å². The molecule has 0 aromatic heterocycles. The van der Waals surface area contributed by atoms with Crippen molar-refractivity contribution in [2.24, 2.45) is 0 Å². The first-order valence-electron chi connectivity index (χ1n) is 6.51. The Kier molecular flexibility index (Phi) is 4.23. The Morgan fingerprint density at radius 1 is 1.47 bits per heavy atom. The number of likely N-dealkylation sites (N-methyl/N-ethyl adjacent to an activating group) is 1. The number of amides is 2. The maximum absolute atomic E-state index is 12.0. The topological polar surface area (TPSA) is 44.8 Å². The van der Waals surface area contributed by atoms with E-state index in [4.69, 9.17) is 4.74 Å². The lowest BCUT2D eigenvalue weighted by atomic mass is 10.2. The average molecular weight is 241 g/mol. The first kappa shape index (κ1) is 12.6. The summed E-state index contributed by atoms with van der Waals surface area (Å²) in [5.41, 5.74) is 0. The summed E-state index contributed by atoms with van der Waals surface area (Å²) in [4.78, 5) is 16.2. The number of nitrogens with zero attached hydrogens (tertiary/aromatic N) is 2. The summed E-state index contributed by atoms with van der Waals surface area (Å²) in [6.07, 6.45) is 2.41. The summed E-state index contributed by atoms with van der Waals surface area (Å²) in [6.45, 7) is 6.31. The third-order valence-electron chi connectivity index (χ3n) is 3.60. The third-order valence-corrected chi connectivity index (χ3v) is 3.60. The van der Waals surface area contributed by atoms with Crippen LogP contribution in [0.3, 0.4) is 0 Å². The Bertz CT molecular complexity index is 266. The molecule has 2 aliphatic rings. The van der Waals surface area contributed by atoms with Crippen molar-refractivity contribution in [3.8, 4) is 0 Å². The second-order valence-corrected chi connectivity index (χ2v) is 5.13. The summed E-state index contributed by atoms with van der Waals surface area (Å²) in [7, 11) is 2.10. The Hall–Kier alpha value is -0.810. The average Bonchev–Trinajstić information content (AvgIpc) is 2.78. The highest BCUT2D eigenvalue weighted by Gasteiger charge is 2.26. The van der Waals surface area contributed by atoms with E-state index in [2.05, 4.69) is 24.2 Å². The van der Waals surface area contributed by atoms with Gasteiger partial charge in [0.2, 0.25) is 0 Å². The van der Waals surface area contributed by atoms with Crippen LogP contribution in [-0.2, 0) is 4.74 Å². The number of rotatable bonds is 2. The molecule has 1 N–H and O–H groups in total. The Morgan fingerprint density at radius 3 is 2.94 bits per heavy atom. The molecule has 2 unspecified atom stereocenters. The van der Waals surface area contributed by atoms with Crippen LogP contribution in [0.5, 0.6) is 0 Å². The second-order valence-electron chi connectivity index (χ2n) is 5.13. The van der Waals surface area contributed by atoms with E-state index in [1.165, 1.54) is 0 Å². The van der Waals surface area contributed by atoms with Crippen LogP contribution in [0.25, 0.3) is 0 Å². The van der Waals surface area contributed by atoms with Crippen molar-refractivity contribution in [2.75, 3.05) is 39.8 Å². The van der Waals surface area contributed by atoms with Crippen molar-refractivity contribution in [3.05, 3.63) is 0 Å². The van der Waals surface area contributed by atoms with Gasteiger partial charge in [-0.25, -0.2) is 4.79 Å². The Labute approximate surface area is 103 Å². The van der Waals surface area contributed by atoms with Crippen molar-refractivity contribution >= 4 is 6.03 Å². The number of urea groups is 1. The molecule has 98 valence electrons. The zero-order valence-corrected chi connectivity index (χ0v) is 10.8. The van der Waals surface area contributed by atoms with Gasteiger partial charge in [0.25, 0.3) is 0 Å². The number of hydrogen-bond acceptors (Lipinski definition) is 3. The van der Waals surface area contributed by atoms with Gasteiger partial charge in [-0.3, -0.25) is 0 Å². The molecule has 5 heteroatoms. The predicted molar refractivity (Wildman–Crippen MR) is 66.0 cm³/mol. The summed E-state index contributed by atoms with van der Waals surface area (Å²) in [5.74, 6) is 0. The zero-order chi connectivity index (χ0) is 12.3. The molecule has 0 bridgehead atoms. The molecule has 5 nitrogen and oxygen atoms in total. The molecule has 2 amide bonds. The highest BCUT2D eigenvalue weighted by Crippen LogP contribution is 2.11. The highest BCUT2D eigenvalue weighted by atomic mass is 16.5. The van der Waals surface area contributed by atoms with Crippen LogP contribution in [0.4, 0.5) is 4.79 Å². The van der Waals surface area contributed by atoms with E-state index < -0.39 is 0 Å². The van der Waals surface area contributed by atoms with Gasteiger partial charge in [-0.05, 0) is 26.8 Å². The number of nitrogens with one attached hydrogen (secondary N) is 1. The predicted octanol–water partition coefficient (Wildman–Crippen LogP) is 0.511. The van der Waals surface area contributed by atoms with Gasteiger partial charge in [-0.2, -0.15) is 0 Å². The van der Waals surface area contributed by atoms with E-state index in [1.807, 2.05) is 4.90 Å². The van der Waals surface area contributed by atoms with E-state index in [1.54, 1.807) is 0 Å². The highest BCUT2D eigenvalue weighted by molar-refractivity contribution is 5.74. The summed E-state index contributed by atoms with van der Waals surface area (Å²) >= 11 is 0. The maximum Gasteiger partial charge on any atom is 0.317 e. The van der Waals surface area contributed by atoms with Crippen LogP contribution in [0, 0.1) is 0 Å². The van der Waals surface area contributed by atoms with E-state index >= 15 is 0 Å². The molecule has 0 aromatic carbocycles. The molecule has 0 aromatic rings. The van der Waals surface area contributed by atoms with Gasteiger partial charge < -0.3 is 19.9 Å². The van der Waals surface area contributed by atoms with Crippen molar-refractivity contribution in [1.82, 2.24) is 15.1 Å². The molecule has 2 saturated heterocycles. The molecular weight excluding hydrogens is 218 g/mol. The van der Waals surface area contributed by atoms with Crippen LogP contribution >= 0.6 is 0 Å². The van der Waals surface area contributed by atoms with Crippen LogP contribution < -0.4 is 5.32 Å². The standard InChI is InChI=1S/C12H23N3O2/c1-10-9-14(2)5-6-15(10)12(16)13-8-11-4-3-7-17-11/h10-11H,3-9H2,1-2H3,(H,13,16). The van der Waals surface area contributed by atoms with Gasteiger partial charge >= 0.3 is 6.03 Å². The summed E-state index contributed by atoms with van der Waals surface area (Å²) < 4.78 is 5.49. The Morgan fingerprint density at radius 2 is 2.29 bits per heavy atom. The Balaban J connectivity index is 1.74. The lowest BCUT2D eigenvalue weighted by Gasteiger charge is -2.38. The molecule has 0 radical (unpaired) electrons. The first-order valence-corrected chi connectivity index (χ1v) is 6.51. The molecule has 2 aliphatic heterocycles. The van der Waals surface area contributed by atoms with Crippen LogP contribution in [0.1, 0.15) is 19.8 Å². The largest absolute Gasteiger partial charge is 0.376 e. The molecule has 2 rings (SSSR count). The summed E-state index contributed by atoms with van der Waals surface area (Å²) in [5, 5.41) is 2.98. The van der Waals surface area contributed by atoms with E-state index in [0.29, 0.717) is 12.6 Å². The van der Waals surface area contributed by atoms with Gasteiger partial charge in [-0.1, -0.05) is 0 Å². The number of carbonyl (C=O) groups excluding carboxylic acids is 1. The first-order chi connectivity index (χ1) is 8.16. The van der Waals surface area contributed by atoms with E-state index in [0.717, 1.165) is 39.1 Å². The number of piperazine rings is 1. The van der Waals surface area contributed by atoms with Crippen molar-refractivity contribution < 1.29 is 9.53 Å². The fourth-order valence-electron chi connectivity index (χ4n) is 2.55. The lowest BCUT2D eigenvalue weighted by molar-refractivity contribution is 0.0971. The third kappa shape index (κ3) is 3.33. The van der Waals surface area contributed by atoms with Crippen molar-refractivity contribution in [2.45, 2.75) is 31.9 Å². The lowest BCUT2D eigenvalue weighted by Crippen LogP contribution is -2.56. The molecule has 0 aliphatic carbocycles. The molecule has 0 saturated carbocycles. The normalized spacial score (nSPS) is 30.6. The van der Waals surface area contributed by atoms with Crippen LogP contribution in [0.2, 0.25) is 0 Å².